The Labute approximate surface area is 226 Å². The number of nitrogens with one attached hydrogen (secondary N) is 1. The van der Waals surface area contributed by atoms with Crippen LogP contribution in [0.2, 0.25) is 0 Å². The molecule has 1 saturated heterocycles. The van der Waals surface area contributed by atoms with Crippen LogP contribution in [0.1, 0.15) is 13.8 Å². The van der Waals surface area contributed by atoms with Gasteiger partial charge in [0.15, 0.2) is 10.9 Å². The molecule has 37 heavy (non-hydrogen) atoms. The summed E-state index contributed by atoms with van der Waals surface area (Å²) in [5.41, 5.74) is 2.86. The van der Waals surface area contributed by atoms with Gasteiger partial charge >= 0.3 is 0 Å². The molecule has 5 aromatic rings. The number of rotatable bonds is 4. The Morgan fingerprint density at radius 3 is 2.70 bits per heavy atom. The van der Waals surface area contributed by atoms with Crippen molar-refractivity contribution >= 4 is 61.2 Å². The van der Waals surface area contributed by atoms with E-state index in [1.165, 1.54) is 10.1 Å². The molecule has 0 saturated carbocycles. The first kappa shape index (κ1) is 23.8. The number of pyridine rings is 1. The summed E-state index contributed by atoms with van der Waals surface area (Å²) < 4.78 is 1.27. The summed E-state index contributed by atoms with van der Waals surface area (Å²) in [6.45, 7) is 6.99. The molecular weight excluding hydrogens is 496 g/mol. The van der Waals surface area contributed by atoms with Crippen molar-refractivity contribution < 1.29 is 0 Å². The minimum atomic E-state index is 0.255. The Morgan fingerprint density at radius 2 is 1.89 bits per heavy atom. The van der Waals surface area contributed by atoms with Crippen LogP contribution in [0.4, 0.5) is 11.5 Å². The highest BCUT2D eigenvalue weighted by Crippen LogP contribution is 2.33. The highest BCUT2D eigenvalue weighted by atomic mass is 32.1. The molecule has 6 rings (SSSR count). The molecule has 2 aromatic carbocycles. The van der Waals surface area contributed by atoms with Gasteiger partial charge in [0, 0.05) is 41.6 Å². The van der Waals surface area contributed by atoms with Crippen molar-refractivity contribution in [1.29, 1.82) is 0 Å². The molecule has 0 aliphatic carbocycles. The molecule has 4 heterocycles. The second-order valence-corrected chi connectivity index (χ2v) is 11.2. The van der Waals surface area contributed by atoms with Crippen LogP contribution in [0.3, 0.4) is 0 Å². The number of nitrogens with zero attached hydrogens (tertiary/aromatic N) is 5. The maximum Gasteiger partial charge on any atom is 0.173 e. The van der Waals surface area contributed by atoms with Crippen LogP contribution < -0.4 is 10.2 Å². The van der Waals surface area contributed by atoms with E-state index in [-0.39, 0.29) is 6.04 Å². The van der Waals surface area contributed by atoms with Gasteiger partial charge in [0.2, 0.25) is 0 Å². The van der Waals surface area contributed by atoms with E-state index in [0.717, 1.165) is 57.7 Å². The molecule has 1 unspecified atom stereocenters. The van der Waals surface area contributed by atoms with Crippen LogP contribution in [0.5, 0.6) is 0 Å². The number of benzene rings is 2. The first-order valence-electron chi connectivity index (χ1n) is 12.6. The number of thiophene rings is 1. The zero-order valence-electron chi connectivity index (χ0n) is 20.8. The zero-order chi connectivity index (χ0) is 25.4. The summed E-state index contributed by atoms with van der Waals surface area (Å²) in [4.78, 5) is 10.3. The predicted molar refractivity (Wildman–Crippen MR) is 158 cm³/mol. The van der Waals surface area contributed by atoms with Crippen LogP contribution in [-0.2, 0) is 0 Å². The quantitative estimate of drug-likeness (QED) is 0.271. The number of hydrogen-bond donors (Lipinski definition) is 1. The maximum absolute atomic E-state index is 5.92. The van der Waals surface area contributed by atoms with E-state index in [9.17, 15) is 0 Å². The van der Waals surface area contributed by atoms with Gasteiger partial charge in [-0.25, -0.2) is 0 Å². The Hall–Kier alpha value is -3.62. The lowest BCUT2D eigenvalue weighted by Crippen LogP contribution is -2.58. The number of fused-ring (bicyclic) bond motifs is 2. The number of thiocarbonyl (C=S) groups is 1. The third kappa shape index (κ3) is 4.74. The molecule has 1 aliphatic rings. The molecule has 0 bridgehead atoms. The van der Waals surface area contributed by atoms with Gasteiger partial charge in [0.05, 0.1) is 16.4 Å². The van der Waals surface area contributed by atoms with Gasteiger partial charge in [-0.2, -0.15) is 0 Å². The summed E-state index contributed by atoms with van der Waals surface area (Å²) in [6, 6.07) is 25.2. The van der Waals surface area contributed by atoms with E-state index in [0.29, 0.717) is 5.92 Å². The average Bonchev–Trinajstić information content (AvgIpc) is 3.37. The fourth-order valence-corrected chi connectivity index (χ4v) is 6.34. The lowest BCUT2D eigenvalue weighted by atomic mass is 10.00. The number of piperazine rings is 1. The van der Waals surface area contributed by atoms with Gasteiger partial charge < -0.3 is 15.1 Å². The molecule has 1 N–H and O–H groups in total. The molecule has 1 atom stereocenters. The molecule has 6 nitrogen and oxygen atoms in total. The lowest BCUT2D eigenvalue weighted by Gasteiger charge is -2.45. The third-order valence-corrected chi connectivity index (χ3v) is 8.46. The number of aromatic nitrogens is 3. The molecule has 1 aliphatic heterocycles. The van der Waals surface area contributed by atoms with Crippen molar-refractivity contribution in [3.8, 4) is 10.6 Å². The van der Waals surface area contributed by atoms with E-state index >= 15 is 0 Å². The highest BCUT2D eigenvalue weighted by molar-refractivity contribution is 7.80. The van der Waals surface area contributed by atoms with E-state index in [4.69, 9.17) is 12.2 Å². The van der Waals surface area contributed by atoms with Crippen molar-refractivity contribution in [1.82, 2.24) is 20.1 Å². The summed E-state index contributed by atoms with van der Waals surface area (Å²) >= 11 is 7.67. The van der Waals surface area contributed by atoms with E-state index in [1.54, 1.807) is 11.3 Å². The van der Waals surface area contributed by atoms with Crippen molar-refractivity contribution in [2.45, 2.75) is 19.9 Å². The second kappa shape index (κ2) is 10.0. The predicted octanol–water partition coefficient (Wildman–Crippen LogP) is 6.45. The molecule has 8 heteroatoms. The van der Waals surface area contributed by atoms with Crippen LogP contribution in [0, 0.1) is 5.92 Å². The topological polar surface area (TPSA) is 57.2 Å². The Kier molecular flexibility index (Phi) is 6.44. The SMILES string of the molecule is CC(C)C1CN(c2ccc(-c3cc4ccccc4s3)nn2)CCN1C(=S)Nc1cccc2ncccc12. The number of anilines is 2. The summed E-state index contributed by atoms with van der Waals surface area (Å²) in [6.07, 6.45) is 1.82. The lowest BCUT2D eigenvalue weighted by molar-refractivity contribution is 0.227. The van der Waals surface area contributed by atoms with E-state index < -0.39 is 0 Å². The van der Waals surface area contributed by atoms with Crippen molar-refractivity contribution in [3.05, 3.63) is 79.0 Å². The van der Waals surface area contributed by atoms with Gasteiger partial charge in [-0.15, -0.1) is 21.5 Å². The van der Waals surface area contributed by atoms with Gasteiger partial charge in [-0.3, -0.25) is 4.98 Å². The summed E-state index contributed by atoms with van der Waals surface area (Å²) in [5, 5.41) is 15.8. The molecule has 1 fully saturated rings. The van der Waals surface area contributed by atoms with Crippen LogP contribution in [0.25, 0.3) is 31.6 Å². The summed E-state index contributed by atoms with van der Waals surface area (Å²) in [7, 11) is 0. The minimum absolute atomic E-state index is 0.255. The molecule has 0 amide bonds. The average molecular weight is 525 g/mol. The normalized spacial score (nSPS) is 16.0. The second-order valence-electron chi connectivity index (χ2n) is 9.68. The van der Waals surface area contributed by atoms with Crippen LogP contribution in [0.15, 0.2) is 79.0 Å². The van der Waals surface area contributed by atoms with Crippen LogP contribution >= 0.6 is 23.6 Å². The third-order valence-electron chi connectivity index (χ3n) is 6.99. The van der Waals surface area contributed by atoms with Gasteiger partial charge in [-0.1, -0.05) is 38.1 Å². The molecule has 3 aromatic heterocycles. The Morgan fingerprint density at radius 1 is 1.00 bits per heavy atom. The van der Waals surface area contributed by atoms with E-state index in [2.05, 4.69) is 98.7 Å². The van der Waals surface area contributed by atoms with Gasteiger partial charge in [-0.05, 0) is 72.1 Å². The van der Waals surface area contributed by atoms with Crippen LogP contribution in [-0.4, -0.2) is 50.9 Å². The summed E-state index contributed by atoms with van der Waals surface area (Å²) in [5.74, 6) is 1.33. The molecule has 186 valence electrons. The molecule has 0 radical (unpaired) electrons. The monoisotopic (exact) mass is 524 g/mol. The standard InChI is InChI=1S/C29H28N6S2/c1-19(2)25-18-34(28-13-12-24(32-33-28)27-17-20-7-3-4-11-26(20)37-27)15-16-35(25)29(36)31-23-10-5-9-22-21(23)8-6-14-30-22/h3-14,17,19,25H,15-16,18H2,1-2H3,(H,31,36). The minimum Gasteiger partial charge on any atom is -0.351 e. The Balaban J connectivity index is 1.18. The van der Waals surface area contributed by atoms with Gasteiger partial charge in [0.25, 0.3) is 0 Å². The first-order chi connectivity index (χ1) is 18.1. The number of hydrogen-bond acceptors (Lipinski definition) is 6. The van der Waals surface area contributed by atoms with Crippen molar-refractivity contribution in [2.24, 2.45) is 5.92 Å². The van der Waals surface area contributed by atoms with Crippen molar-refractivity contribution in [2.75, 3.05) is 29.9 Å². The fraction of sp³-hybridized carbons (Fsp3) is 0.241. The Bertz CT molecular complexity index is 1520. The largest absolute Gasteiger partial charge is 0.351 e. The van der Waals surface area contributed by atoms with Crippen molar-refractivity contribution in [3.63, 3.8) is 0 Å². The van der Waals surface area contributed by atoms with E-state index in [1.807, 2.05) is 24.4 Å². The zero-order valence-corrected chi connectivity index (χ0v) is 22.5. The smallest absolute Gasteiger partial charge is 0.173 e. The first-order valence-corrected chi connectivity index (χ1v) is 13.8. The molecule has 0 spiro atoms. The van der Waals surface area contributed by atoms with Gasteiger partial charge in [0.1, 0.15) is 5.69 Å². The highest BCUT2D eigenvalue weighted by Gasteiger charge is 2.31. The fourth-order valence-electron chi connectivity index (χ4n) is 4.97. The molecular formula is C29H28N6S2. The maximum atomic E-state index is 5.92.